The van der Waals surface area contributed by atoms with Crippen molar-refractivity contribution in [1.82, 2.24) is 0 Å². The zero-order valence-corrected chi connectivity index (χ0v) is 15.7. The fourth-order valence-corrected chi connectivity index (χ4v) is 4.84. The molecule has 1 heterocycles. The van der Waals surface area contributed by atoms with E-state index in [0.717, 1.165) is 16.3 Å². The summed E-state index contributed by atoms with van der Waals surface area (Å²) in [6.45, 7) is 0. The van der Waals surface area contributed by atoms with Gasteiger partial charge in [0.05, 0.1) is 16.1 Å². The smallest absolute Gasteiger partial charge is 0.104 e. The number of para-hydroxylation sites is 1. The highest BCUT2D eigenvalue weighted by Crippen LogP contribution is 2.53. The number of fused-ring (bicyclic) bond motifs is 1. The predicted octanol–water partition coefficient (Wildman–Crippen LogP) is 5.77. The summed E-state index contributed by atoms with van der Waals surface area (Å²) in [6.07, 6.45) is 1.95. The fraction of sp³-hybridized carbons (Fsp3) is 0.174. The maximum Gasteiger partial charge on any atom is 0.104 e. The Morgan fingerprint density at radius 1 is 0.808 bits per heavy atom. The van der Waals surface area contributed by atoms with Gasteiger partial charge in [0, 0.05) is 12.7 Å². The molecule has 130 valence electrons. The molecule has 1 aliphatic rings. The van der Waals surface area contributed by atoms with E-state index in [9.17, 15) is 0 Å². The fourth-order valence-electron chi connectivity index (χ4n) is 3.98. The SMILES string of the molecule is COC1c2ccccc2N=C(SC)C1(c1ccccc1)c1ccccc1. The molecule has 0 fully saturated rings. The van der Waals surface area contributed by atoms with Gasteiger partial charge in [-0.2, -0.15) is 0 Å². The van der Waals surface area contributed by atoms with E-state index in [-0.39, 0.29) is 6.10 Å². The first-order valence-electron chi connectivity index (χ1n) is 8.68. The molecule has 3 aromatic rings. The summed E-state index contributed by atoms with van der Waals surface area (Å²) in [5, 5.41) is 1.06. The van der Waals surface area contributed by atoms with E-state index in [1.54, 1.807) is 18.9 Å². The van der Waals surface area contributed by atoms with Crippen LogP contribution in [0.25, 0.3) is 0 Å². The molecule has 0 spiro atoms. The summed E-state index contributed by atoms with van der Waals surface area (Å²) in [4.78, 5) is 5.07. The van der Waals surface area contributed by atoms with Crippen molar-refractivity contribution in [3.8, 4) is 0 Å². The minimum atomic E-state index is -0.467. The molecule has 0 saturated heterocycles. The number of nitrogens with zero attached hydrogens (tertiary/aromatic N) is 1. The van der Waals surface area contributed by atoms with Gasteiger partial charge in [-0.1, -0.05) is 78.9 Å². The van der Waals surface area contributed by atoms with Crippen LogP contribution in [-0.2, 0) is 10.2 Å². The molecule has 0 bridgehead atoms. The molecular formula is C23H21NOS. The van der Waals surface area contributed by atoms with Crippen LogP contribution in [0.5, 0.6) is 0 Å². The standard InChI is InChI=1S/C23H21NOS/c1-25-21-19-15-9-10-16-20(19)24-22(26-2)23(21,17-11-5-3-6-12-17)18-13-7-4-8-14-18/h3-16,21H,1-2H3. The Bertz CT molecular complexity index is 882. The average Bonchev–Trinajstić information content (AvgIpc) is 2.73. The predicted molar refractivity (Wildman–Crippen MR) is 110 cm³/mol. The van der Waals surface area contributed by atoms with E-state index in [0.29, 0.717) is 0 Å². The molecule has 0 aliphatic carbocycles. The quantitative estimate of drug-likeness (QED) is 0.592. The van der Waals surface area contributed by atoms with Crippen LogP contribution in [0.4, 0.5) is 5.69 Å². The van der Waals surface area contributed by atoms with Gasteiger partial charge in [-0.3, -0.25) is 0 Å². The van der Waals surface area contributed by atoms with Gasteiger partial charge in [-0.15, -0.1) is 11.8 Å². The largest absolute Gasteiger partial charge is 0.375 e. The first-order valence-corrected chi connectivity index (χ1v) is 9.90. The van der Waals surface area contributed by atoms with Crippen molar-refractivity contribution in [1.29, 1.82) is 0 Å². The van der Waals surface area contributed by atoms with Crippen LogP contribution in [0.2, 0.25) is 0 Å². The van der Waals surface area contributed by atoms with Crippen molar-refractivity contribution >= 4 is 22.5 Å². The molecule has 0 amide bonds. The lowest BCUT2D eigenvalue weighted by Gasteiger charge is -2.44. The first-order chi connectivity index (χ1) is 12.8. The van der Waals surface area contributed by atoms with Crippen LogP contribution in [-0.4, -0.2) is 18.4 Å². The lowest BCUT2D eigenvalue weighted by molar-refractivity contribution is 0.0708. The van der Waals surface area contributed by atoms with Gasteiger partial charge in [0.1, 0.15) is 6.10 Å². The summed E-state index contributed by atoms with van der Waals surface area (Å²) >= 11 is 1.70. The highest BCUT2D eigenvalue weighted by atomic mass is 32.2. The van der Waals surface area contributed by atoms with Gasteiger partial charge >= 0.3 is 0 Å². The maximum atomic E-state index is 6.18. The molecule has 0 N–H and O–H groups in total. The third-order valence-corrected chi connectivity index (χ3v) is 5.86. The van der Waals surface area contributed by atoms with E-state index < -0.39 is 5.41 Å². The molecule has 4 rings (SSSR count). The van der Waals surface area contributed by atoms with E-state index in [2.05, 4.69) is 85.1 Å². The van der Waals surface area contributed by atoms with Crippen LogP contribution < -0.4 is 0 Å². The molecule has 0 aromatic heterocycles. The molecule has 0 saturated carbocycles. The molecule has 3 aromatic carbocycles. The third kappa shape index (κ3) is 2.51. The van der Waals surface area contributed by atoms with Crippen LogP contribution in [0, 0.1) is 0 Å². The van der Waals surface area contributed by atoms with Crippen molar-refractivity contribution in [2.75, 3.05) is 13.4 Å². The second kappa shape index (κ2) is 7.10. The molecule has 1 atom stereocenters. The van der Waals surface area contributed by atoms with E-state index in [1.165, 1.54) is 11.1 Å². The summed E-state index contributed by atoms with van der Waals surface area (Å²) in [5.74, 6) is 0. The van der Waals surface area contributed by atoms with E-state index >= 15 is 0 Å². The Labute approximate surface area is 158 Å². The molecule has 2 nitrogen and oxygen atoms in total. The summed E-state index contributed by atoms with van der Waals surface area (Å²) in [6, 6.07) is 29.5. The normalized spacial score (nSPS) is 18.1. The number of methoxy groups -OCH3 is 1. The van der Waals surface area contributed by atoms with E-state index in [1.807, 2.05) is 6.07 Å². The van der Waals surface area contributed by atoms with Crippen molar-refractivity contribution in [2.24, 2.45) is 4.99 Å². The van der Waals surface area contributed by atoms with Gasteiger partial charge in [0.2, 0.25) is 0 Å². The zero-order valence-electron chi connectivity index (χ0n) is 14.9. The second-order valence-electron chi connectivity index (χ2n) is 6.34. The Morgan fingerprint density at radius 3 is 1.88 bits per heavy atom. The summed E-state index contributed by atoms with van der Waals surface area (Å²) in [5.41, 5.74) is 4.04. The zero-order chi connectivity index (χ0) is 18.0. The van der Waals surface area contributed by atoms with Crippen LogP contribution in [0.1, 0.15) is 22.8 Å². The minimum Gasteiger partial charge on any atom is -0.375 e. The average molecular weight is 359 g/mol. The highest BCUT2D eigenvalue weighted by Gasteiger charge is 2.50. The van der Waals surface area contributed by atoms with Gasteiger partial charge in [-0.25, -0.2) is 4.99 Å². The molecule has 1 unspecified atom stereocenters. The Hall–Kier alpha value is -2.36. The maximum absolute atomic E-state index is 6.18. The van der Waals surface area contributed by atoms with Gasteiger partial charge in [-0.05, 0) is 23.4 Å². The number of rotatable bonds is 3. The van der Waals surface area contributed by atoms with Crippen molar-refractivity contribution in [2.45, 2.75) is 11.5 Å². The van der Waals surface area contributed by atoms with Crippen molar-refractivity contribution in [3.05, 3.63) is 102 Å². The number of ether oxygens (including phenoxy) is 1. The number of hydrogen-bond donors (Lipinski definition) is 0. The number of hydrogen-bond acceptors (Lipinski definition) is 3. The highest BCUT2D eigenvalue weighted by molar-refractivity contribution is 8.13. The van der Waals surface area contributed by atoms with Crippen molar-refractivity contribution < 1.29 is 4.74 Å². The van der Waals surface area contributed by atoms with Crippen molar-refractivity contribution in [3.63, 3.8) is 0 Å². The summed E-state index contributed by atoms with van der Waals surface area (Å²) < 4.78 is 6.18. The molecule has 3 heteroatoms. The lowest BCUT2D eigenvalue weighted by Crippen LogP contribution is -2.44. The number of thioether (sulfide) groups is 1. The Balaban J connectivity index is 2.10. The number of benzene rings is 3. The lowest BCUT2D eigenvalue weighted by atomic mass is 9.67. The monoisotopic (exact) mass is 359 g/mol. The molecule has 1 aliphatic heterocycles. The van der Waals surface area contributed by atoms with E-state index in [4.69, 9.17) is 9.73 Å². The number of aliphatic imine (C=N–C) groups is 1. The summed E-state index contributed by atoms with van der Waals surface area (Å²) in [7, 11) is 1.80. The molecule has 26 heavy (non-hydrogen) atoms. The van der Waals surface area contributed by atoms with Crippen LogP contribution in [0.15, 0.2) is 89.9 Å². The first kappa shape index (κ1) is 17.1. The minimum absolute atomic E-state index is 0.150. The third-order valence-electron chi connectivity index (χ3n) is 5.06. The van der Waals surface area contributed by atoms with Crippen LogP contribution in [0.3, 0.4) is 0 Å². The molecular weight excluding hydrogens is 338 g/mol. The molecule has 0 radical (unpaired) electrons. The van der Waals surface area contributed by atoms with Crippen LogP contribution >= 0.6 is 11.8 Å². The van der Waals surface area contributed by atoms with Gasteiger partial charge in [0.15, 0.2) is 0 Å². The topological polar surface area (TPSA) is 21.6 Å². The second-order valence-corrected chi connectivity index (χ2v) is 7.13. The Morgan fingerprint density at radius 2 is 1.35 bits per heavy atom. The van der Waals surface area contributed by atoms with Gasteiger partial charge < -0.3 is 4.74 Å². The van der Waals surface area contributed by atoms with Gasteiger partial charge in [0.25, 0.3) is 0 Å². The Kier molecular flexibility index (Phi) is 4.66.